The maximum absolute atomic E-state index is 8.92. The minimum absolute atomic E-state index is 0.0768. The summed E-state index contributed by atoms with van der Waals surface area (Å²) in [5, 5.41) is 9.23. The molecule has 0 bridgehead atoms. The highest BCUT2D eigenvalue weighted by molar-refractivity contribution is 6.34. The molecule has 0 saturated carbocycles. The Bertz CT molecular complexity index is 266. The quantitative estimate of drug-likeness (QED) is 0.572. The Hall–Kier alpha value is -0.890. The molecule has 1 aromatic carbocycles. The van der Waals surface area contributed by atoms with Crippen LogP contribution in [0, 0.1) is 0 Å². The third-order valence-electron chi connectivity index (χ3n) is 1.21. The van der Waals surface area contributed by atoms with E-state index in [1.165, 1.54) is 6.07 Å². The molecule has 1 heterocycles. The minimum atomic E-state index is 0.0768. The summed E-state index contributed by atoms with van der Waals surface area (Å²) >= 11 is 5.55. The Balaban J connectivity index is 2.70. The maximum Gasteiger partial charge on any atom is 0.192 e. The van der Waals surface area contributed by atoms with Gasteiger partial charge >= 0.3 is 0 Å². The first-order valence-corrected chi connectivity index (χ1v) is 2.86. The lowest BCUT2D eigenvalue weighted by molar-refractivity contribution is 0.475. The molecule has 0 aliphatic carbocycles. The van der Waals surface area contributed by atoms with Crippen LogP contribution in [0.5, 0.6) is 17.2 Å². The zero-order valence-corrected chi connectivity index (χ0v) is 5.14. The van der Waals surface area contributed by atoms with Crippen molar-refractivity contribution in [3.8, 4) is 17.2 Å². The van der Waals surface area contributed by atoms with Crippen LogP contribution in [-0.4, -0.2) is 5.11 Å². The standard InChI is InChI=1S/C6H3ClO2/c7-5-3(8)1-2-4-6(5)9-4/h1-2,8H. The lowest BCUT2D eigenvalue weighted by Gasteiger charge is -1.85. The highest BCUT2D eigenvalue weighted by Crippen LogP contribution is 2.53. The Morgan fingerprint density at radius 3 is 2.89 bits per heavy atom. The van der Waals surface area contributed by atoms with E-state index in [1.54, 1.807) is 6.07 Å². The van der Waals surface area contributed by atoms with Gasteiger partial charge in [-0.25, -0.2) is 0 Å². The lowest BCUT2D eigenvalue weighted by atomic mass is 10.3. The Labute approximate surface area is 56.6 Å². The molecule has 0 fully saturated rings. The third kappa shape index (κ3) is 0.566. The van der Waals surface area contributed by atoms with E-state index in [9.17, 15) is 0 Å². The lowest BCUT2D eigenvalue weighted by Crippen LogP contribution is -1.57. The van der Waals surface area contributed by atoms with E-state index in [2.05, 4.69) is 0 Å². The van der Waals surface area contributed by atoms with Crippen LogP contribution in [0.3, 0.4) is 0 Å². The van der Waals surface area contributed by atoms with E-state index in [1.807, 2.05) is 0 Å². The fraction of sp³-hybridized carbons (Fsp3) is 0. The van der Waals surface area contributed by atoms with Crippen molar-refractivity contribution in [2.75, 3.05) is 0 Å². The molecular formula is C6H3ClO2. The second-order valence-electron chi connectivity index (χ2n) is 1.83. The number of ether oxygens (including phenoxy) is 1. The summed E-state index contributed by atoms with van der Waals surface area (Å²) in [6.07, 6.45) is 0. The average molecular weight is 143 g/mol. The van der Waals surface area contributed by atoms with E-state index in [4.69, 9.17) is 21.4 Å². The Morgan fingerprint density at radius 2 is 2.22 bits per heavy atom. The van der Waals surface area contributed by atoms with Gasteiger partial charge in [0.15, 0.2) is 11.5 Å². The minimum Gasteiger partial charge on any atom is -0.506 e. The molecule has 0 atom stereocenters. The first-order chi connectivity index (χ1) is 4.29. The highest BCUT2D eigenvalue weighted by atomic mass is 35.5. The number of hydrogen-bond donors (Lipinski definition) is 1. The van der Waals surface area contributed by atoms with Crippen molar-refractivity contribution in [1.82, 2.24) is 0 Å². The second kappa shape index (κ2) is 1.33. The van der Waals surface area contributed by atoms with Gasteiger partial charge in [-0.15, -0.1) is 0 Å². The number of aromatic hydroxyl groups is 1. The number of rotatable bonds is 0. The predicted molar refractivity (Wildman–Crippen MR) is 33.2 cm³/mol. The van der Waals surface area contributed by atoms with Crippen LogP contribution < -0.4 is 4.74 Å². The second-order valence-corrected chi connectivity index (χ2v) is 2.21. The van der Waals surface area contributed by atoms with Crippen LogP contribution in [0.4, 0.5) is 0 Å². The van der Waals surface area contributed by atoms with Gasteiger partial charge in [0.05, 0.1) is 0 Å². The van der Waals surface area contributed by atoms with Crippen molar-refractivity contribution in [1.29, 1.82) is 0 Å². The van der Waals surface area contributed by atoms with E-state index in [0.29, 0.717) is 10.8 Å². The molecule has 0 aromatic heterocycles. The molecule has 0 spiro atoms. The van der Waals surface area contributed by atoms with Gasteiger partial charge in [-0.3, -0.25) is 0 Å². The smallest absolute Gasteiger partial charge is 0.192 e. The van der Waals surface area contributed by atoms with Crippen LogP contribution in [0.1, 0.15) is 0 Å². The Morgan fingerprint density at radius 1 is 1.44 bits per heavy atom. The van der Waals surface area contributed by atoms with Gasteiger partial charge in [-0.05, 0) is 12.1 Å². The monoisotopic (exact) mass is 142 g/mol. The molecule has 2 rings (SSSR count). The number of phenolic OH excluding ortho intramolecular Hbond substituents is 1. The van der Waals surface area contributed by atoms with Gasteiger partial charge in [-0.2, -0.15) is 0 Å². The molecule has 46 valence electrons. The van der Waals surface area contributed by atoms with E-state index >= 15 is 0 Å². The van der Waals surface area contributed by atoms with Gasteiger partial charge < -0.3 is 9.84 Å². The van der Waals surface area contributed by atoms with Gasteiger partial charge in [0.1, 0.15) is 10.8 Å². The van der Waals surface area contributed by atoms with E-state index < -0.39 is 0 Å². The summed E-state index contributed by atoms with van der Waals surface area (Å²) in [6, 6.07) is 3.19. The van der Waals surface area contributed by atoms with Crippen molar-refractivity contribution in [3.63, 3.8) is 0 Å². The molecule has 1 aromatic rings. The van der Waals surface area contributed by atoms with Crippen molar-refractivity contribution >= 4 is 11.6 Å². The van der Waals surface area contributed by atoms with Crippen molar-refractivity contribution in [2.24, 2.45) is 0 Å². The summed E-state index contributed by atoms with van der Waals surface area (Å²) in [4.78, 5) is 0. The summed E-state index contributed by atoms with van der Waals surface area (Å²) in [7, 11) is 0. The largest absolute Gasteiger partial charge is 0.506 e. The van der Waals surface area contributed by atoms with Crippen LogP contribution in [0.25, 0.3) is 0 Å². The third-order valence-corrected chi connectivity index (χ3v) is 1.58. The highest BCUT2D eigenvalue weighted by Gasteiger charge is 2.25. The summed E-state index contributed by atoms with van der Waals surface area (Å²) < 4.78 is 4.86. The summed E-state index contributed by atoms with van der Waals surface area (Å²) in [5.41, 5.74) is 0. The fourth-order valence-electron chi connectivity index (χ4n) is 0.691. The molecule has 9 heavy (non-hydrogen) atoms. The number of benzene rings is 1. The van der Waals surface area contributed by atoms with E-state index in [0.717, 1.165) is 5.75 Å². The molecular weight excluding hydrogens is 140 g/mol. The zero-order chi connectivity index (χ0) is 6.43. The van der Waals surface area contributed by atoms with E-state index in [-0.39, 0.29) is 5.75 Å². The SMILES string of the molecule is Oc1ccc2c(c1Cl)O2. The molecule has 1 N–H and O–H groups in total. The summed E-state index contributed by atoms with van der Waals surface area (Å²) in [5.74, 6) is 1.45. The average Bonchev–Trinajstić information content (AvgIpc) is 2.58. The molecule has 1 aliphatic rings. The Kier molecular flexibility index (Phi) is 0.732. The molecule has 1 aliphatic heterocycles. The summed E-state index contributed by atoms with van der Waals surface area (Å²) in [6.45, 7) is 0. The van der Waals surface area contributed by atoms with Crippen molar-refractivity contribution in [3.05, 3.63) is 17.2 Å². The molecule has 2 nitrogen and oxygen atoms in total. The number of halogens is 1. The van der Waals surface area contributed by atoms with Gasteiger partial charge in [0.25, 0.3) is 0 Å². The first-order valence-electron chi connectivity index (χ1n) is 2.48. The van der Waals surface area contributed by atoms with Crippen LogP contribution >= 0.6 is 11.6 Å². The van der Waals surface area contributed by atoms with Gasteiger partial charge in [-0.1, -0.05) is 11.6 Å². The predicted octanol–water partition coefficient (Wildman–Crippen LogP) is 2.15. The topological polar surface area (TPSA) is 32.8 Å². The molecule has 0 amide bonds. The number of phenols is 1. The van der Waals surface area contributed by atoms with Gasteiger partial charge in [0, 0.05) is 0 Å². The molecule has 0 saturated heterocycles. The zero-order valence-electron chi connectivity index (χ0n) is 4.39. The van der Waals surface area contributed by atoms with Gasteiger partial charge in [0.2, 0.25) is 0 Å². The molecule has 3 heteroatoms. The van der Waals surface area contributed by atoms with Crippen molar-refractivity contribution in [2.45, 2.75) is 0 Å². The van der Waals surface area contributed by atoms with Crippen LogP contribution in [0.15, 0.2) is 12.1 Å². The van der Waals surface area contributed by atoms with Crippen LogP contribution in [-0.2, 0) is 0 Å². The van der Waals surface area contributed by atoms with Crippen LogP contribution in [0.2, 0.25) is 5.02 Å². The molecule has 0 radical (unpaired) electrons. The first kappa shape index (κ1) is 4.94. The number of fused-ring (bicyclic) bond motifs is 1. The maximum atomic E-state index is 8.92. The molecule has 0 unspecified atom stereocenters. The normalized spacial score (nSPS) is 12.1. The fourth-order valence-corrected chi connectivity index (χ4v) is 0.886. The van der Waals surface area contributed by atoms with Crippen molar-refractivity contribution < 1.29 is 9.84 Å². The number of hydrogen-bond acceptors (Lipinski definition) is 2.